The molecule has 8 heteroatoms. The molecule has 0 spiro atoms. The van der Waals surface area contributed by atoms with E-state index in [-0.39, 0.29) is 11.4 Å². The number of aliphatic imine (C=N–C) groups is 1. The number of amidine groups is 1. The number of benzene rings is 1. The number of thioether (sulfide) groups is 1. The van der Waals surface area contributed by atoms with Crippen LogP contribution in [0.25, 0.3) is 5.69 Å². The number of amides is 1. The van der Waals surface area contributed by atoms with Crippen molar-refractivity contribution in [2.45, 2.75) is 6.92 Å². The number of nitrogens with one attached hydrogen (secondary N) is 1. The minimum absolute atomic E-state index is 0.173. The quantitative estimate of drug-likeness (QED) is 0.904. The molecule has 1 aromatic carbocycles. The van der Waals surface area contributed by atoms with E-state index < -0.39 is 17.2 Å². The number of para-hydroxylation sites is 1. The molecule has 2 heterocycles. The summed E-state index contributed by atoms with van der Waals surface area (Å²) in [6.45, 7) is 2.25. The summed E-state index contributed by atoms with van der Waals surface area (Å²) in [4.78, 5) is 28.4. The second kappa shape index (κ2) is 6.33. The van der Waals surface area contributed by atoms with Gasteiger partial charge in [-0.05, 0) is 19.1 Å². The molecule has 3 rings (SSSR count). The fourth-order valence-electron chi connectivity index (χ4n) is 2.14. The molecular formula is C15H13FN4O2S. The van der Waals surface area contributed by atoms with Crippen LogP contribution in [-0.4, -0.2) is 33.2 Å². The molecule has 1 aromatic heterocycles. The van der Waals surface area contributed by atoms with E-state index in [0.29, 0.717) is 17.4 Å². The third kappa shape index (κ3) is 3.16. The maximum Gasteiger partial charge on any atom is 0.281 e. The highest BCUT2D eigenvalue weighted by Gasteiger charge is 2.19. The van der Waals surface area contributed by atoms with E-state index in [0.717, 1.165) is 5.75 Å². The van der Waals surface area contributed by atoms with Crippen LogP contribution >= 0.6 is 11.8 Å². The van der Waals surface area contributed by atoms with Gasteiger partial charge in [-0.1, -0.05) is 23.9 Å². The Bertz CT molecular complexity index is 863. The maximum atomic E-state index is 14.0. The summed E-state index contributed by atoms with van der Waals surface area (Å²) in [7, 11) is 0. The molecule has 118 valence electrons. The molecule has 0 aliphatic carbocycles. The molecule has 1 N–H and O–H groups in total. The highest BCUT2D eigenvalue weighted by atomic mass is 32.2. The Hall–Kier alpha value is -2.48. The van der Waals surface area contributed by atoms with Crippen molar-refractivity contribution in [1.29, 1.82) is 0 Å². The number of nitrogens with zero attached hydrogens (tertiary/aromatic N) is 3. The summed E-state index contributed by atoms with van der Waals surface area (Å²) in [6.07, 6.45) is 0. The molecule has 6 nitrogen and oxygen atoms in total. The Morgan fingerprint density at radius 2 is 2.17 bits per heavy atom. The van der Waals surface area contributed by atoms with E-state index in [1.165, 1.54) is 34.6 Å². The van der Waals surface area contributed by atoms with Gasteiger partial charge in [0.05, 0.1) is 6.54 Å². The topological polar surface area (TPSA) is 76.3 Å². The minimum Gasteiger partial charge on any atom is -0.300 e. The lowest BCUT2D eigenvalue weighted by Gasteiger charge is -2.11. The zero-order valence-electron chi connectivity index (χ0n) is 12.2. The van der Waals surface area contributed by atoms with Crippen LogP contribution in [0.1, 0.15) is 16.2 Å². The van der Waals surface area contributed by atoms with Crippen LogP contribution < -0.4 is 10.7 Å². The Morgan fingerprint density at radius 1 is 1.39 bits per heavy atom. The molecule has 0 saturated heterocycles. The number of rotatable bonds is 2. The average molecular weight is 332 g/mol. The number of aryl methyl sites for hydroxylation is 1. The first kappa shape index (κ1) is 15.4. The average Bonchev–Trinajstić information content (AvgIpc) is 3.01. The van der Waals surface area contributed by atoms with E-state index in [9.17, 15) is 14.0 Å². The highest BCUT2D eigenvalue weighted by Crippen LogP contribution is 2.13. The van der Waals surface area contributed by atoms with Crippen molar-refractivity contribution in [3.05, 3.63) is 57.8 Å². The van der Waals surface area contributed by atoms with Crippen molar-refractivity contribution in [3.63, 3.8) is 0 Å². The van der Waals surface area contributed by atoms with E-state index in [1.807, 2.05) is 0 Å². The Labute approximate surface area is 135 Å². The van der Waals surface area contributed by atoms with Crippen LogP contribution in [0.5, 0.6) is 0 Å². The Kier molecular flexibility index (Phi) is 4.24. The molecule has 1 amide bonds. The lowest BCUT2D eigenvalue weighted by molar-refractivity contribution is 0.0970. The first-order chi connectivity index (χ1) is 11.1. The predicted octanol–water partition coefficient (Wildman–Crippen LogP) is 1.51. The largest absolute Gasteiger partial charge is 0.300 e. The number of hydrogen-bond donors (Lipinski definition) is 1. The Balaban J connectivity index is 2.02. The molecule has 23 heavy (non-hydrogen) atoms. The van der Waals surface area contributed by atoms with Gasteiger partial charge in [0.15, 0.2) is 10.9 Å². The van der Waals surface area contributed by atoms with Gasteiger partial charge in [0.25, 0.3) is 5.91 Å². The third-order valence-corrected chi connectivity index (χ3v) is 4.10. The van der Waals surface area contributed by atoms with Crippen molar-refractivity contribution in [3.8, 4) is 5.69 Å². The van der Waals surface area contributed by atoms with Gasteiger partial charge in [-0.2, -0.15) is 5.10 Å². The molecule has 1 aliphatic heterocycles. The molecular weight excluding hydrogens is 319 g/mol. The lowest BCUT2D eigenvalue weighted by Crippen LogP contribution is -2.34. The van der Waals surface area contributed by atoms with Crippen LogP contribution in [-0.2, 0) is 0 Å². The monoisotopic (exact) mass is 332 g/mol. The van der Waals surface area contributed by atoms with E-state index >= 15 is 0 Å². The Morgan fingerprint density at radius 3 is 2.87 bits per heavy atom. The third-order valence-electron chi connectivity index (χ3n) is 3.21. The maximum absolute atomic E-state index is 14.0. The SMILES string of the molecule is Cc1cc(=O)c(C(=O)NC2=NCCS2)nn1-c1ccccc1F. The van der Waals surface area contributed by atoms with Crippen molar-refractivity contribution in [1.82, 2.24) is 15.1 Å². The van der Waals surface area contributed by atoms with Crippen LogP contribution in [0.15, 0.2) is 40.1 Å². The van der Waals surface area contributed by atoms with Gasteiger partial charge >= 0.3 is 0 Å². The molecule has 0 atom stereocenters. The second-order valence-corrected chi connectivity index (χ2v) is 5.93. The normalized spacial score (nSPS) is 13.7. The zero-order valence-corrected chi connectivity index (χ0v) is 13.1. The van der Waals surface area contributed by atoms with Gasteiger partial charge in [-0.15, -0.1) is 0 Å². The summed E-state index contributed by atoms with van der Waals surface area (Å²) >= 11 is 1.40. The lowest BCUT2D eigenvalue weighted by atomic mass is 10.2. The van der Waals surface area contributed by atoms with Gasteiger partial charge in [-0.3, -0.25) is 19.9 Å². The summed E-state index contributed by atoms with van der Waals surface area (Å²) in [6, 6.07) is 7.29. The van der Waals surface area contributed by atoms with Gasteiger partial charge in [0.1, 0.15) is 11.5 Å². The van der Waals surface area contributed by atoms with Crippen LogP contribution in [0.2, 0.25) is 0 Å². The number of halogens is 1. The van der Waals surface area contributed by atoms with Gasteiger partial charge < -0.3 is 0 Å². The van der Waals surface area contributed by atoms with Gasteiger partial charge in [-0.25, -0.2) is 9.07 Å². The van der Waals surface area contributed by atoms with E-state index in [4.69, 9.17) is 0 Å². The number of hydrogen-bond acceptors (Lipinski definition) is 5. The molecule has 0 radical (unpaired) electrons. The molecule has 0 fully saturated rings. The standard InChI is InChI=1S/C15H13FN4O2S/c1-9-8-12(21)13(14(22)18-15-17-6-7-23-15)19-20(9)11-5-3-2-4-10(11)16/h2-5,8H,6-7H2,1H3,(H,17,18,22). The molecule has 0 bridgehead atoms. The van der Waals surface area contributed by atoms with Gasteiger partial charge in [0, 0.05) is 17.5 Å². The van der Waals surface area contributed by atoms with E-state index in [2.05, 4.69) is 15.4 Å². The molecule has 0 unspecified atom stereocenters. The second-order valence-electron chi connectivity index (χ2n) is 4.85. The number of carbonyl (C=O) groups is 1. The predicted molar refractivity (Wildman–Crippen MR) is 86.8 cm³/mol. The van der Waals surface area contributed by atoms with E-state index in [1.54, 1.807) is 19.1 Å². The van der Waals surface area contributed by atoms with Crippen molar-refractivity contribution in [2.24, 2.45) is 4.99 Å². The van der Waals surface area contributed by atoms with Crippen molar-refractivity contribution < 1.29 is 9.18 Å². The minimum atomic E-state index is -0.645. The van der Waals surface area contributed by atoms with Crippen LogP contribution in [0, 0.1) is 12.7 Å². The first-order valence-corrected chi connectivity index (χ1v) is 7.89. The molecule has 0 saturated carbocycles. The van der Waals surface area contributed by atoms with Crippen molar-refractivity contribution >= 4 is 22.8 Å². The van der Waals surface area contributed by atoms with Crippen LogP contribution in [0.4, 0.5) is 4.39 Å². The smallest absolute Gasteiger partial charge is 0.281 e. The van der Waals surface area contributed by atoms with Crippen molar-refractivity contribution in [2.75, 3.05) is 12.3 Å². The summed E-state index contributed by atoms with van der Waals surface area (Å²) in [5, 5.41) is 7.05. The van der Waals surface area contributed by atoms with Gasteiger partial charge in [0.2, 0.25) is 5.43 Å². The zero-order chi connectivity index (χ0) is 16.4. The highest BCUT2D eigenvalue weighted by molar-refractivity contribution is 8.14. The summed E-state index contributed by atoms with van der Waals surface area (Å²) in [5.41, 5.74) is -0.207. The summed E-state index contributed by atoms with van der Waals surface area (Å²) in [5.74, 6) is -0.349. The molecule has 2 aromatic rings. The summed E-state index contributed by atoms with van der Waals surface area (Å²) < 4.78 is 15.2. The van der Waals surface area contributed by atoms with Crippen LogP contribution in [0.3, 0.4) is 0 Å². The molecule has 1 aliphatic rings. The fourth-order valence-corrected chi connectivity index (χ4v) is 2.86. The fraction of sp³-hybridized carbons (Fsp3) is 0.200. The number of carbonyl (C=O) groups excluding carboxylic acids is 1. The number of aromatic nitrogens is 2. The first-order valence-electron chi connectivity index (χ1n) is 6.91.